The Balaban J connectivity index is 2.21. The summed E-state index contributed by atoms with van der Waals surface area (Å²) in [6.45, 7) is 3.62. The number of furan rings is 1. The molecule has 4 rings (SSSR count). The smallest absolute Gasteiger partial charge is 0.227 e. The highest BCUT2D eigenvalue weighted by molar-refractivity contribution is 6.10. The molecule has 3 aromatic heterocycles. The second kappa shape index (κ2) is 5.17. The molecule has 0 saturated carbocycles. The number of fused-ring (bicyclic) bond motifs is 3. The molecular formula is C21H21N2O+. The minimum atomic E-state index is -2.24. The van der Waals surface area contributed by atoms with Crippen LogP contribution in [-0.4, -0.2) is 4.98 Å². The van der Waals surface area contributed by atoms with E-state index in [-0.39, 0.29) is 0 Å². The number of nitrogens with zero attached hydrogens (tertiary/aromatic N) is 2. The Morgan fingerprint density at radius 2 is 1.92 bits per heavy atom. The van der Waals surface area contributed by atoms with Crippen LogP contribution in [0.3, 0.4) is 0 Å². The van der Waals surface area contributed by atoms with Gasteiger partial charge in [0.2, 0.25) is 11.4 Å². The maximum absolute atomic E-state index is 8.02. The van der Waals surface area contributed by atoms with Crippen LogP contribution in [0.4, 0.5) is 0 Å². The average molecular weight is 320 g/mol. The van der Waals surface area contributed by atoms with Gasteiger partial charge in [0.15, 0.2) is 11.8 Å². The SMILES string of the molecule is [2H]C([2H])([2H])c1cc(C)c(-c2ccc(C)c[n+]2C)c2oc3nc(C)ccc3c12. The summed E-state index contributed by atoms with van der Waals surface area (Å²) in [5.74, 6) is 0. The first-order valence-electron chi connectivity index (χ1n) is 9.47. The summed E-state index contributed by atoms with van der Waals surface area (Å²) in [5, 5.41) is 1.36. The van der Waals surface area contributed by atoms with E-state index in [1.807, 2.05) is 62.8 Å². The highest BCUT2D eigenvalue weighted by Gasteiger charge is 2.22. The zero-order valence-corrected chi connectivity index (χ0v) is 14.3. The molecule has 0 aliphatic rings. The predicted octanol–water partition coefficient (Wildman–Crippen LogP) is 4.71. The van der Waals surface area contributed by atoms with Crippen molar-refractivity contribution in [3.05, 3.63) is 58.9 Å². The molecule has 0 fully saturated rings. The topological polar surface area (TPSA) is 29.9 Å². The van der Waals surface area contributed by atoms with Gasteiger partial charge in [-0.2, -0.15) is 0 Å². The Bertz CT molecular complexity index is 1210. The van der Waals surface area contributed by atoms with E-state index in [0.29, 0.717) is 22.2 Å². The third-order valence-electron chi connectivity index (χ3n) is 4.48. The normalized spacial score (nSPS) is 13.9. The summed E-state index contributed by atoms with van der Waals surface area (Å²) >= 11 is 0. The lowest BCUT2D eigenvalue weighted by Crippen LogP contribution is -2.31. The van der Waals surface area contributed by atoms with Crippen LogP contribution in [0.15, 0.2) is 40.9 Å². The van der Waals surface area contributed by atoms with Crippen molar-refractivity contribution in [1.82, 2.24) is 4.98 Å². The second-order valence-electron chi connectivity index (χ2n) is 6.43. The van der Waals surface area contributed by atoms with Crippen LogP contribution >= 0.6 is 0 Å². The van der Waals surface area contributed by atoms with Crippen LogP contribution < -0.4 is 4.57 Å². The van der Waals surface area contributed by atoms with Gasteiger partial charge in [-0.25, -0.2) is 9.55 Å². The van der Waals surface area contributed by atoms with Gasteiger partial charge in [0, 0.05) is 32.2 Å². The first kappa shape index (κ1) is 11.8. The quantitative estimate of drug-likeness (QED) is 0.476. The second-order valence-corrected chi connectivity index (χ2v) is 6.43. The molecule has 0 aliphatic heterocycles. The number of pyridine rings is 2. The summed E-state index contributed by atoms with van der Waals surface area (Å²) in [7, 11) is 1.98. The summed E-state index contributed by atoms with van der Waals surface area (Å²) in [5.41, 5.74) is 6.06. The van der Waals surface area contributed by atoms with Crippen LogP contribution in [0.1, 0.15) is 26.5 Å². The van der Waals surface area contributed by atoms with E-state index in [1.54, 1.807) is 6.07 Å². The fourth-order valence-electron chi connectivity index (χ4n) is 3.38. The van der Waals surface area contributed by atoms with Crippen LogP contribution in [0.25, 0.3) is 33.3 Å². The van der Waals surface area contributed by atoms with E-state index in [9.17, 15) is 0 Å². The molecule has 0 unspecified atom stereocenters. The maximum Gasteiger partial charge on any atom is 0.227 e. The first-order valence-corrected chi connectivity index (χ1v) is 7.97. The van der Waals surface area contributed by atoms with Crippen molar-refractivity contribution in [3.8, 4) is 11.3 Å². The van der Waals surface area contributed by atoms with E-state index in [1.165, 1.54) is 0 Å². The van der Waals surface area contributed by atoms with Gasteiger partial charge in [-0.1, -0.05) is 6.07 Å². The fraction of sp³-hybridized carbons (Fsp3) is 0.238. The van der Waals surface area contributed by atoms with Gasteiger partial charge < -0.3 is 4.42 Å². The van der Waals surface area contributed by atoms with E-state index in [0.717, 1.165) is 33.5 Å². The summed E-state index contributed by atoms with van der Waals surface area (Å²) < 4.78 is 32.2. The van der Waals surface area contributed by atoms with Gasteiger partial charge in [0.05, 0.1) is 5.56 Å². The fourth-order valence-corrected chi connectivity index (χ4v) is 3.38. The molecule has 24 heavy (non-hydrogen) atoms. The van der Waals surface area contributed by atoms with E-state index < -0.39 is 6.85 Å². The van der Waals surface area contributed by atoms with E-state index >= 15 is 0 Å². The Kier molecular flexibility index (Phi) is 2.54. The molecule has 3 heterocycles. The van der Waals surface area contributed by atoms with Crippen LogP contribution in [0, 0.1) is 27.6 Å². The van der Waals surface area contributed by atoms with Crippen molar-refractivity contribution in [2.75, 3.05) is 0 Å². The van der Waals surface area contributed by atoms with Crippen LogP contribution in [0.2, 0.25) is 0 Å². The molecule has 0 bridgehead atoms. The molecule has 0 atom stereocenters. The molecule has 3 nitrogen and oxygen atoms in total. The zero-order chi connectivity index (χ0) is 19.5. The lowest BCUT2D eigenvalue weighted by atomic mass is 9.97. The van der Waals surface area contributed by atoms with Crippen molar-refractivity contribution in [1.29, 1.82) is 0 Å². The summed E-state index contributed by atoms with van der Waals surface area (Å²) in [4.78, 5) is 4.48. The third-order valence-corrected chi connectivity index (χ3v) is 4.48. The predicted molar refractivity (Wildman–Crippen MR) is 97.1 cm³/mol. The van der Waals surface area contributed by atoms with Gasteiger partial charge in [0.25, 0.3) is 0 Å². The largest absolute Gasteiger partial charge is 0.437 e. The van der Waals surface area contributed by atoms with E-state index in [2.05, 4.69) is 4.98 Å². The Morgan fingerprint density at radius 3 is 2.67 bits per heavy atom. The van der Waals surface area contributed by atoms with Crippen molar-refractivity contribution < 1.29 is 13.1 Å². The van der Waals surface area contributed by atoms with Gasteiger partial charge >= 0.3 is 0 Å². The Morgan fingerprint density at radius 1 is 1.08 bits per heavy atom. The van der Waals surface area contributed by atoms with Crippen molar-refractivity contribution in [2.24, 2.45) is 7.05 Å². The van der Waals surface area contributed by atoms with Crippen LogP contribution in [0.5, 0.6) is 0 Å². The first-order chi connectivity index (χ1) is 12.7. The molecule has 1 aromatic carbocycles. The van der Waals surface area contributed by atoms with Gasteiger partial charge in [0.1, 0.15) is 7.05 Å². The van der Waals surface area contributed by atoms with Gasteiger partial charge in [-0.3, -0.25) is 0 Å². The molecule has 0 spiro atoms. The highest BCUT2D eigenvalue weighted by atomic mass is 16.3. The number of aryl methyl sites for hydroxylation is 5. The van der Waals surface area contributed by atoms with Crippen molar-refractivity contribution >= 4 is 22.1 Å². The molecule has 0 saturated heterocycles. The lowest BCUT2D eigenvalue weighted by molar-refractivity contribution is -0.660. The van der Waals surface area contributed by atoms with Crippen molar-refractivity contribution in [3.63, 3.8) is 0 Å². The lowest BCUT2D eigenvalue weighted by Gasteiger charge is -2.08. The minimum absolute atomic E-state index is 0.304. The Hall–Kier alpha value is -2.68. The molecule has 0 N–H and O–H groups in total. The molecule has 4 aromatic rings. The number of hydrogen-bond acceptors (Lipinski definition) is 2. The summed E-state index contributed by atoms with van der Waals surface area (Å²) in [6.07, 6.45) is 2.04. The number of benzene rings is 1. The van der Waals surface area contributed by atoms with Crippen molar-refractivity contribution in [2.45, 2.75) is 27.6 Å². The Labute approximate surface area is 145 Å². The number of hydrogen-bond donors (Lipinski definition) is 0. The summed E-state index contributed by atoms with van der Waals surface area (Å²) in [6, 6.07) is 9.62. The van der Waals surface area contributed by atoms with E-state index in [4.69, 9.17) is 8.53 Å². The average Bonchev–Trinajstić information content (AvgIpc) is 2.92. The number of aromatic nitrogens is 2. The highest BCUT2D eigenvalue weighted by Crippen LogP contribution is 2.38. The molecule has 120 valence electrons. The molecular weight excluding hydrogens is 296 g/mol. The minimum Gasteiger partial charge on any atom is -0.437 e. The molecule has 0 amide bonds. The number of rotatable bonds is 1. The monoisotopic (exact) mass is 320 g/mol. The van der Waals surface area contributed by atoms with Gasteiger partial charge in [-0.15, -0.1) is 0 Å². The third kappa shape index (κ3) is 2.12. The maximum atomic E-state index is 8.02. The molecule has 0 aliphatic carbocycles. The zero-order valence-electron chi connectivity index (χ0n) is 17.3. The van der Waals surface area contributed by atoms with Crippen LogP contribution in [-0.2, 0) is 7.05 Å². The molecule has 3 heteroatoms. The standard InChI is InChI=1S/C21H21N2O/c1-12-6-9-17(23(5)11-12)19-14(3)10-13(2)18-16-8-7-15(4)22-21(16)24-20(18)19/h6-11H,1-5H3/q+1/i2D3. The molecule has 0 radical (unpaired) electrons. The van der Waals surface area contributed by atoms with Gasteiger partial charge in [-0.05, 0) is 56.9 Å².